The number of methoxy groups -OCH3 is 1. The lowest BCUT2D eigenvalue weighted by Gasteiger charge is -2.11. The number of carbonyl (C=O) groups is 2. The van der Waals surface area contributed by atoms with Crippen molar-refractivity contribution in [3.8, 4) is 5.75 Å². The molecule has 0 saturated heterocycles. The molecule has 3 N–H and O–H groups in total. The van der Waals surface area contributed by atoms with Gasteiger partial charge in [-0.3, -0.25) is 9.59 Å². The van der Waals surface area contributed by atoms with E-state index >= 15 is 0 Å². The summed E-state index contributed by atoms with van der Waals surface area (Å²) in [4.78, 5) is 33.6. The minimum Gasteiger partial charge on any atom is -0.497 e. The van der Waals surface area contributed by atoms with Crippen molar-refractivity contribution in [3.05, 3.63) is 99.9 Å². The van der Waals surface area contributed by atoms with Crippen molar-refractivity contribution in [1.82, 2.24) is 20.6 Å². The van der Waals surface area contributed by atoms with E-state index in [2.05, 4.69) is 36.5 Å². The van der Waals surface area contributed by atoms with Crippen LogP contribution < -0.4 is 15.4 Å². The van der Waals surface area contributed by atoms with Crippen molar-refractivity contribution in [2.45, 2.75) is 6.42 Å². The molecule has 3 aromatic carbocycles. The number of nitrogens with one attached hydrogen (secondary N) is 3. The van der Waals surface area contributed by atoms with Crippen LogP contribution in [0.4, 0.5) is 0 Å². The van der Waals surface area contributed by atoms with Crippen molar-refractivity contribution in [2.24, 2.45) is 0 Å². The Kier molecular flexibility index (Phi) is 7.39. The molecule has 1 heterocycles. The maximum absolute atomic E-state index is 13.0. The second kappa shape index (κ2) is 10.8. The standard InChI is InChI=1S/C26H23BrN4O3/c1-34-20-11-9-17(10-12-20)15-23(31-25(32)18-5-4-6-19(27)16-18)26(33)28-14-13-24-29-21-7-2-3-8-22(21)30-24/h2-12,15-16H,13-14H2,1H3,(H,28,33)(H,29,30)(H,31,32)/b23-15-. The molecule has 0 fully saturated rings. The molecule has 34 heavy (non-hydrogen) atoms. The van der Waals surface area contributed by atoms with Crippen molar-refractivity contribution in [2.75, 3.05) is 13.7 Å². The topological polar surface area (TPSA) is 96.1 Å². The first-order valence-electron chi connectivity index (χ1n) is 10.7. The van der Waals surface area contributed by atoms with Gasteiger partial charge in [0, 0.05) is 23.0 Å². The van der Waals surface area contributed by atoms with Gasteiger partial charge in [0.2, 0.25) is 0 Å². The van der Waals surface area contributed by atoms with Crippen LogP contribution in [-0.4, -0.2) is 35.4 Å². The van der Waals surface area contributed by atoms with Crippen LogP contribution >= 0.6 is 15.9 Å². The van der Waals surface area contributed by atoms with Crippen LogP contribution in [0.5, 0.6) is 5.75 Å². The van der Waals surface area contributed by atoms with E-state index < -0.39 is 5.91 Å². The number of halogens is 1. The summed E-state index contributed by atoms with van der Waals surface area (Å²) in [6, 6.07) is 21.9. The number of imidazole rings is 1. The number of aromatic nitrogens is 2. The predicted molar refractivity (Wildman–Crippen MR) is 135 cm³/mol. The van der Waals surface area contributed by atoms with E-state index in [-0.39, 0.29) is 11.6 Å². The third-order valence-electron chi connectivity index (χ3n) is 5.09. The lowest BCUT2D eigenvalue weighted by molar-refractivity contribution is -0.117. The Balaban J connectivity index is 1.48. The second-order valence-corrected chi connectivity index (χ2v) is 8.42. The highest BCUT2D eigenvalue weighted by Crippen LogP contribution is 2.15. The van der Waals surface area contributed by atoms with Crippen molar-refractivity contribution in [3.63, 3.8) is 0 Å². The minimum absolute atomic E-state index is 0.139. The molecule has 0 saturated carbocycles. The van der Waals surface area contributed by atoms with Crippen molar-refractivity contribution >= 4 is 44.9 Å². The monoisotopic (exact) mass is 518 g/mol. The summed E-state index contributed by atoms with van der Waals surface area (Å²) >= 11 is 3.37. The van der Waals surface area contributed by atoms with E-state index in [1.165, 1.54) is 0 Å². The molecule has 0 aliphatic carbocycles. The summed E-state index contributed by atoms with van der Waals surface area (Å²) in [5, 5.41) is 5.61. The summed E-state index contributed by atoms with van der Waals surface area (Å²) < 4.78 is 5.96. The molecular formula is C26H23BrN4O3. The normalized spacial score (nSPS) is 11.3. The molecule has 0 radical (unpaired) electrons. The third kappa shape index (κ3) is 5.90. The molecule has 8 heteroatoms. The highest BCUT2D eigenvalue weighted by Gasteiger charge is 2.15. The number of aromatic amines is 1. The Labute approximate surface area is 205 Å². The van der Waals surface area contributed by atoms with E-state index in [1.807, 2.05) is 42.5 Å². The number of hydrogen-bond acceptors (Lipinski definition) is 4. The molecule has 0 spiro atoms. The number of ether oxygens (including phenoxy) is 1. The van der Waals surface area contributed by atoms with Gasteiger partial charge in [0.1, 0.15) is 17.3 Å². The SMILES string of the molecule is COc1ccc(/C=C(\NC(=O)c2cccc(Br)c2)C(=O)NCCc2nc3ccccc3[nH]2)cc1. The highest BCUT2D eigenvalue weighted by atomic mass is 79.9. The Morgan fingerprint density at radius 3 is 2.59 bits per heavy atom. The van der Waals surface area contributed by atoms with Gasteiger partial charge in [0.15, 0.2) is 0 Å². The highest BCUT2D eigenvalue weighted by molar-refractivity contribution is 9.10. The summed E-state index contributed by atoms with van der Waals surface area (Å²) in [6.45, 7) is 0.353. The molecule has 0 aliphatic rings. The fourth-order valence-corrected chi connectivity index (χ4v) is 3.76. The summed E-state index contributed by atoms with van der Waals surface area (Å²) in [7, 11) is 1.59. The number of benzene rings is 3. The average molecular weight is 519 g/mol. The minimum atomic E-state index is -0.393. The molecule has 4 rings (SSSR count). The zero-order valence-electron chi connectivity index (χ0n) is 18.5. The summed E-state index contributed by atoms with van der Waals surface area (Å²) in [5.41, 5.74) is 3.15. The van der Waals surface area contributed by atoms with Gasteiger partial charge in [-0.15, -0.1) is 0 Å². The lowest BCUT2D eigenvalue weighted by atomic mass is 10.1. The first-order valence-corrected chi connectivity index (χ1v) is 11.5. The van der Waals surface area contributed by atoms with Crippen LogP contribution in [0.1, 0.15) is 21.7 Å². The summed E-state index contributed by atoms with van der Waals surface area (Å²) in [5.74, 6) is 0.705. The van der Waals surface area contributed by atoms with E-state index in [9.17, 15) is 9.59 Å². The number of carbonyl (C=O) groups excluding carboxylic acids is 2. The number of rotatable bonds is 8. The zero-order valence-corrected chi connectivity index (χ0v) is 20.1. The number of fused-ring (bicyclic) bond motifs is 1. The Morgan fingerprint density at radius 1 is 1.06 bits per heavy atom. The first-order chi connectivity index (χ1) is 16.5. The fourth-order valence-electron chi connectivity index (χ4n) is 3.36. The molecule has 0 atom stereocenters. The number of para-hydroxylation sites is 2. The molecule has 2 amide bonds. The van der Waals surface area contributed by atoms with Gasteiger partial charge in [0.25, 0.3) is 11.8 Å². The van der Waals surface area contributed by atoms with Crippen LogP contribution in [0.2, 0.25) is 0 Å². The molecule has 0 aliphatic heterocycles. The molecular weight excluding hydrogens is 496 g/mol. The summed E-state index contributed by atoms with van der Waals surface area (Å²) in [6.07, 6.45) is 2.15. The maximum Gasteiger partial charge on any atom is 0.267 e. The van der Waals surface area contributed by atoms with Gasteiger partial charge in [-0.25, -0.2) is 4.98 Å². The van der Waals surface area contributed by atoms with E-state index in [0.717, 1.165) is 26.9 Å². The average Bonchev–Trinajstić information content (AvgIpc) is 3.27. The maximum atomic E-state index is 13.0. The zero-order chi connectivity index (χ0) is 23.9. The van der Waals surface area contributed by atoms with E-state index in [1.54, 1.807) is 43.5 Å². The molecule has 172 valence electrons. The first kappa shape index (κ1) is 23.3. The predicted octanol–water partition coefficient (Wildman–Crippen LogP) is 4.46. The lowest BCUT2D eigenvalue weighted by Crippen LogP contribution is -2.35. The van der Waals surface area contributed by atoms with E-state index in [4.69, 9.17) is 4.74 Å². The Morgan fingerprint density at radius 2 is 1.85 bits per heavy atom. The number of nitrogens with zero attached hydrogens (tertiary/aromatic N) is 1. The van der Waals surface area contributed by atoms with Gasteiger partial charge >= 0.3 is 0 Å². The molecule has 0 unspecified atom stereocenters. The van der Waals surface area contributed by atoms with Crippen molar-refractivity contribution < 1.29 is 14.3 Å². The Bertz CT molecular complexity index is 1310. The van der Waals surface area contributed by atoms with Crippen LogP contribution in [0.3, 0.4) is 0 Å². The quantitative estimate of drug-likeness (QED) is 0.300. The van der Waals surface area contributed by atoms with Gasteiger partial charge in [-0.1, -0.05) is 46.3 Å². The molecule has 0 bridgehead atoms. The van der Waals surface area contributed by atoms with Gasteiger partial charge < -0.3 is 20.4 Å². The smallest absolute Gasteiger partial charge is 0.267 e. The molecule has 7 nitrogen and oxygen atoms in total. The molecule has 4 aromatic rings. The van der Waals surface area contributed by atoms with Crippen LogP contribution in [-0.2, 0) is 11.2 Å². The fraction of sp³-hybridized carbons (Fsp3) is 0.115. The van der Waals surface area contributed by atoms with E-state index in [0.29, 0.717) is 24.3 Å². The second-order valence-electron chi connectivity index (χ2n) is 7.50. The van der Waals surface area contributed by atoms with Gasteiger partial charge in [0.05, 0.1) is 18.1 Å². The van der Waals surface area contributed by atoms with Gasteiger partial charge in [-0.05, 0) is 54.1 Å². The van der Waals surface area contributed by atoms with Crippen molar-refractivity contribution in [1.29, 1.82) is 0 Å². The molecule has 1 aromatic heterocycles. The number of amides is 2. The Hall–Kier alpha value is -3.91. The van der Waals surface area contributed by atoms with Gasteiger partial charge in [-0.2, -0.15) is 0 Å². The van der Waals surface area contributed by atoms with Crippen LogP contribution in [0.25, 0.3) is 17.1 Å². The van der Waals surface area contributed by atoms with Crippen LogP contribution in [0.15, 0.2) is 83.0 Å². The van der Waals surface area contributed by atoms with Crippen LogP contribution in [0, 0.1) is 0 Å². The third-order valence-corrected chi connectivity index (χ3v) is 5.59. The number of hydrogen-bond donors (Lipinski definition) is 3. The number of H-pyrrole nitrogens is 1. The largest absolute Gasteiger partial charge is 0.497 e.